The number of aryl methyl sites for hydroxylation is 2. The fraction of sp³-hybridized carbons (Fsp3) is 0.300. The molecule has 0 atom stereocenters. The molecule has 0 aliphatic carbocycles. The largest absolute Gasteiger partial charge is 0.462 e. The third-order valence-electron chi connectivity index (χ3n) is 4.16. The normalized spacial score (nSPS) is 10.8. The third kappa shape index (κ3) is 4.86. The fourth-order valence-electron chi connectivity index (χ4n) is 2.76. The number of thiophene rings is 1. The summed E-state index contributed by atoms with van der Waals surface area (Å²) in [5.41, 5.74) is 2.50. The van der Waals surface area contributed by atoms with Gasteiger partial charge in [0.2, 0.25) is 5.91 Å². The lowest BCUT2D eigenvalue weighted by Gasteiger charge is -2.07. The maximum absolute atomic E-state index is 12.4. The van der Waals surface area contributed by atoms with Crippen molar-refractivity contribution in [3.05, 3.63) is 46.3 Å². The summed E-state index contributed by atoms with van der Waals surface area (Å²) >= 11 is 2.64. The van der Waals surface area contributed by atoms with Gasteiger partial charge in [-0.15, -0.1) is 21.5 Å². The van der Waals surface area contributed by atoms with E-state index in [2.05, 4.69) is 15.5 Å². The van der Waals surface area contributed by atoms with E-state index < -0.39 is 5.97 Å². The van der Waals surface area contributed by atoms with Crippen molar-refractivity contribution in [3.63, 3.8) is 0 Å². The number of hydrogen-bond donors (Lipinski definition) is 1. The molecule has 7 nitrogen and oxygen atoms in total. The summed E-state index contributed by atoms with van der Waals surface area (Å²) in [4.78, 5) is 25.4. The van der Waals surface area contributed by atoms with Crippen LogP contribution in [0.5, 0.6) is 0 Å². The number of anilines is 1. The minimum atomic E-state index is -0.434. The van der Waals surface area contributed by atoms with E-state index in [1.165, 1.54) is 23.1 Å². The highest BCUT2D eigenvalue weighted by Crippen LogP contribution is 2.29. The number of ether oxygens (including phenoxy) is 1. The number of nitrogens with one attached hydrogen (secondary N) is 1. The van der Waals surface area contributed by atoms with Gasteiger partial charge in [0.1, 0.15) is 5.00 Å². The van der Waals surface area contributed by atoms with Crippen LogP contribution in [0.4, 0.5) is 5.00 Å². The van der Waals surface area contributed by atoms with Crippen molar-refractivity contribution in [1.29, 1.82) is 0 Å². The maximum Gasteiger partial charge on any atom is 0.341 e. The second kappa shape index (κ2) is 9.23. The lowest BCUT2D eigenvalue weighted by molar-refractivity contribution is -0.113. The van der Waals surface area contributed by atoms with Crippen LogP contribution < -0.4 is 5.32 Å². The Hall–Kier alpha value is -2.65. The van der Waals surface area contributed by atoms with Crippen molar-refractivity contribution in [2.45, 2.75) is 25.9 Å². The van der Waals surface area contributed by atoms with Crippen LogP contribution in [0.3, 0.4) is 0 Å². The average Bonchev–Trinajstić information content (AvgIpc) is 3.23. The molecule has 0 saturated carbocycles. The number of nitrogens with zero attached hydrogens (tertiary/aromatic N) is 3. The zero-order valence-corrected chi connectivity index (χ0v) is 18.3. The van der Waals surface area contributed by atoms with Gasteiger partial charge in [0, 0.05) is 17.5 Å². The molecule has 0 spiro atoms. The van der Waals surface area contributed by atoms with Crippen molar-refractivity contribution in [1.82, 2.24) is 14.8 Å². The summed E-state index contributed by atoms with van der Waals surface area (Å²) in [5.74, 6) is 0.252. The van der Waals surface area contributed by atoms with Crippen LogP contribution in [0.25, 0.3) is 11.4 Å². The van der Waals surface area contributed by atoms with Gasteiger partial charge >= 0.3 is 5.97 Å². The molecule has 29 heavy (non-hydrogen) atoms. The molecule has 0 bridgehead atoms. The quantitative estimate of drug-likeness (QED) is 0.449. The highest BCUT2D eigenvalue weighted by atomic mass is 32.2. The lowest BCUT2D eigenvalue weighted by atomic mass is 10.1. The molecule has 0 aliphatic rings. The Bertz CT molecular complexity index is 1040. The van der Waals surface area contributed by atoms with Gasteiger partial charge in [-0.05, 0) is 32.4 Å². The fourth-order valence-corrected chi connectivity index (χ4v) is 4.39. The minimum Gasteiger partial charge on any atom is -0.462 e. The standard InChI is InChI=1S/C20H22N4O3S2/c1-5-27-19(26)15-10-13(3)29-18(15)21-16(25)11-28-20-23-22-17(24(20)4)14-9-7-6-8-12(14)2/h6-10H,5,11H2,1-4H3,(H,21,25). The van der Waals surface area contributed by atoms with E-state index in [0.29, 0.717) is 15.7 Å². The average molecular weight is 431 g/mol. The topological polar surface area (TPSA) is 86.1 Å². The third-order valence-corrected chi connectivity index (χ3v) is 6.14. The van der Waals surface area contributed by atoms with Crippen LogP contribution in [0.15, 0.2) is 35.5 Å². The van der Waals surface area contributed by atoms with Crippen LogP contribution in [0.1, 0.15) is 27.7 Å². The summed E-state index contributed by atoms with van der Waals surface area (Å²) in [5, 5.41) is 12.4. The van der Waals surface area contributed by atoms with E-state index in [0.717, 1.165) is 21.8 Å². The summed E-state index contributed by atoms with van der Waals surface area (Å²) < 4.78 is 6.93. The molecule has 1 N–H and O–H groups in total. The van der Waals surface area contributed by atoms with Crippen LogP contribution in [-0.4, -0.2) is 39.0 Å². The Morgan fingerprint density at radius 3 is 2.72 bits per heavy atom. The Labute approximate surface area is 177 Å². The maximum atomic E-state index is 12.4. The van der Waals surface area contributed by atoms with Crippen LogP contribution in [0, 0.1) is 13.8 Å². The molecule has 0 radical (unpaired) electrons. The van der Waals surface area contributed by atoms with E-state index in [-0.39, 0.29) is 18.3 Å². The summed E-state index contributed by atoms with van der Waals surface area (Å²) in [6.45, 7) is 5.93. The van der Waals surface area contributed by atoms with E-state index in [1.54, 1.807) is 13.0 Å². The molecule has 0 unspecified atom stereocenters. The number of carbonyl (C=O) groups excluding carboxylic acids is 2. The van der Waals surface area contributed by atoms with Crippen molar-refractivity contribution in [2.24, 2.45) is 7.05 Å². The Kier molecular flexibility index (Phi) is 6.71. The molecule has 0 aliphatic heterocycles. The molecule has 2 aromatic heterocycles. The molecule has 3 aromatic rings. The predicted molar refractivity (Wildman–Crippen MR) is 116 cm³/mol. The van der Waals surface area contributed by atoms with Crippen LogP contribution in [-0.2, 0) is 16.6 Å². The number of thioether (sulfide) groups is 1. The molecule has 152 valence electrons. The monoisotopic (exact) mass is 430 g/mol. The molecule has 1 aromatic carbocycles. The van der Waals surface area contributed by atoms with Gasteiger partial charge in [0.15, 0.2) is 11.0 Å². The molecule has 9 heteroatoms. The second-order valence-electron chi connectivity index (χ2n) is 6.34. The van der Waals surface area contributed by atoms with E-state index in [4.69, 9.17) is 4.74 Å². The van der Waals surface area contributed by atoms with E-state index in [1.807, 2.05) is 49.7 Å². The first-order chi connectivity index (χ1) is 13.9. The first-order valence-corrected chi connectivity index (χ1v) is 10.9. The number of amides is 1. The molecule has 3 rings (SSSR count). The van der Waals surface area contributed by atoms with Gasteiger partial charge in [-0.1, -0.05) is 36.0 Å². The van der Waals surface area contributed by atoms with Gasteiger partial charge in [0.05, 0.1) is 17.9 Å². The Morgan fingerprint density at radius 2 is 2.00 bits per heavy atom. The minimum absolute atomic E-state index is 0.152. The van der Waals surface area contributed by atoms with Gasteiger partial charge in [-0.3, -0.25) is 4.79 Å². The number of esters is 1. The SMILES string of the molecule is CCOC(=O)c1cc(C)sc1NC(=O)CSc1nnc(-c2ccccc2C)n1C. The molecule has 0 fully saturated rings. The molecular formula is C20H22N4O3S2. The molecule has 0 saturated heterocycles. The zero-order chi connectivity index (χ0) is 21.0. The van der Waals surface area contributed by atoms with E-state index in [9.17, 15) is 9.59 Å². The number of hydrogen-bond acceptors (Lipinski definition) is 7. The van der Waals surface area contributed by atoms with E-state index >= 15 is 0 Å². The van der Waals surface area contributed by atoms with Crippen molar-refractivity contribution < 1.29 is 14.3 Å². The lowest BCUT2D eigenvalue weighted by Crippen LogP contribution is -2.16. The Balaban J connectivity index is 1.67. The second-order valence-corrected chi connectivity index (χ2v) is 8.54. The molecule has 1 amide bonds. The number of carbonyl (C=O) groups is 2. The number of benzene rings is 1. The van der Waals surface area contributed by atoms with Gasteiger partial charge < -0.3 is 14.6 Å². The van der Waals surface area contributed by atoms with Gasteiger partial charge in [0.25, 0.3) is 0 Å². The van der Waals surface area contributed by atoms with Crippen molar-refractivity contribution in [2.75, 3.05) is 17.7 Å². The predicted octanol–water partition coefficient (Wildman–Crippen LogP) is 4.07. The summed E-state index contributed by atoms with van der Waals surface area (Å²) in [6, 6.07) is 9.68. The highest BCUT2D eigenvalue weighted by molar-refractivity contribution is 7.99. The molecule has 2 heterocycles. The van der Waals surface area contributed by atoms with Crippen LogP contribution >= 0.6 is 23.1 Å². The summed E-state index contributed by atoms with van der Waals surface area (Å²) in [6.07, 6.45) is 0. The van der Waals surface area contributed by atoms with Gasteiger partial charge in [-0.2, -0.15) is 0 Å². The highest BCUT2D eigenvalue weighted by Gasteiger charge is 2.19. The smallest absolute Gasteiger partial charge is 0.341 e. The first kappa shape index (κ1) is 21.1. The zero-order valence-electron chi connectivity index (χ0n) is 16.7. The molecular weight excluding hydrogens is 408 g/mol. The van der Waals surface area contributed by atoms with Crippen molar-refractivity contribution in [3.8, 4) is 11.4 Å². The van der Waals surface area contributed by atoms with Gasteiger partial charge in [-0.25, -0.2) is 4.79 Å². The van der Waals surface area contributed by atoms with Crippen molar-refractivity contribution >= 4 is 40.0 Å². The van der Waals surface area contributed by atoms with Crippen LogP contribution in [0.2, 0.25) is 0 Å². The first-order valence-electron chi connectivity index (χ1n) is 9.06. The number of aromatic nitrogens is 3. The summed E-state index contributed by atoms with van der Waals surface area (Å²) in [7, 11) is 1.88. The Morgan fingerprint density at radius 1 is 1.24 bits per heavy atom. The number of rotatable bonds is 7.